The monoisotopic (exact) mass is 164 g/mol. The van der Waals surface area contributed by atoms with E-state index in [0.717, 1.165) is 19.6 Å². The lowest BCUT2D eigenvalue weighted by Crippen LogP contribution is -2.54. The zero-order valence-corrected chi connectivity index (χ0v) is 7.12. The number of hydrogen-bond acceptors (Lipinski definition) is 1. The zero-order chi connectivity index (χ0) is 8.39. The van der Waals surface area contributed by atoms with Crippen LogP contribution in [0.2, 0.25) is 0 Å². The molecule has 0 saturated heterocycles. The first-order chi connectivity index (χ1) is 5.92. The minimum absolute atomic E-state index is 0.231. The largest absolute Gasteiger partial charge is 0.367 e. The maximum Gasteiger partial charge on any atom is 0.131 e. The van der Waals surface area contributed by atoms with Crippen LogP contribution in [0, 0.1) is 0 Å². The Morgan fingerprint density at radius 3 is 3.08 bits per heavy atom. The van der Waals surface area contributed by atoms with Crippen molar-refractivity contribution in [2.45, 2.75) is 12.5 Å². The summed E-state index contributed by atoms with van der Waals surface area (Å²) in [6.45, 7) is 1.67. The SMILES string of the molecule is [NH3+]C[C@H]1OCCc2ccccc21. The van der Waals surface area contributed by atoms with E-state index in [1.54, 1.807) is 0 Å². The maximum absolute atomic E-state index is 5.59. The van der Waals surface area contributed by atoms with Crippen LogP contribution >= 0.6 is 0 Å². The maximum atomic E-state index is 5.59. The fourth-order valence-corrected chi connectivity index (χ4v) is 1.72. The Morgan fingerprint density at radius 1 is 1.42 bits per heavy atom. The van der Waals surface area contributed by atoms with Gasteiger partial charge in [0.2, 0.25) is 0 Å². The third kappa shape index (κ3) is 1.24. The molecule has 0 saturated carbocycles. The van der Waals surface area contributed by atoms with Crippen molar-refractivity contribution < 1.29 is 10.5 Å². The van der Waals surface area contributed by atoms with E-state index in [9.17, 15) is 0 Å². The van der Waals surface area contributed by atoms with Gasteiger partial charge in [0.25, 0.3) is 0 Å². The normalized spacial score (nSPS) is 21.9. The van der Waals surface area contributed by atoms with Crippen LogP contribution in [0.1, 0.15) is 17.2 Å². The molecule has 0 aliphatic carbocycles. The van der Waals surface area contributed by atoms with Crippen LogP contribution in [0.25, 0.3) is 0 Å². The molecule has 1 aliphatic heterocycles. The summed E-state index contributed by atoms with van der Waals surface area (Å²) in [7, 11) is 0. The smallest absolute Gasteiger partial charge is 0.131 e. The average molecular weight is 164 g/mol. The lowest BCUT2D eigenvalue weighted by Gasteiger charge is -2.23. The molecule has 2 heteroatoms. The van der Waals surface area contributed by atoms with Gasteiger partial charge in [0, 0.05) is 0 Å². The molecule has 0 radical (unpaired) electrons. The van der Waals surface area contributed by atoms with E-state index >= 15 is 0 Å². The number of fused-ring (bicyclic) bond motifs is 1. The highest BCUT2D eigenvalue weighted by Gasteiger charge is 2.19. The third-order valence-corrected chi connectivity index (χ3v) is 2.35. The van der Waals surface area contributed by atoms with Gasteiger partial charge in [0.15, 0.2) is 0 Å². The Hall–Kier alpha value is -0.860. The number of benzene rings is 1. The quantitative estimate of drug-likeness (QED) is 0.646. The van der Waals surface area contributed by atoms with Crippen molar-refractivity contribution in [1.29, 1.82) is 0 Å². The van der Waals surface area contributed by atoms with Gasteiger partial charge in [-0.25, -0.2) is 0 Å². The van der Waals surface area contributed by atoms with Crippen LogP contribution < -0.4 is 5.73 Å². The van der Waals surface area contributed by atoms with E-state index in [2.05, 4.69) is 30.0 Å². The minimum Gasteiger partial charge on any atom is -0.367 e. The van der Waals surface area contributed by atoms with Gasteiger partial charge in [0.05, 0.1) is 6.61 Å². The molecule has 12 heavy (non-hydrogen) atoms. The van der Waals surface area contributed by atoms with Gasteiger partial charge in [-0.15, -0.1) is 0 Å². The van der Waals surface area contributed by atoms with Gasteiger partial charge in [0.1, 0.15) is 12.6 Å². The second-order valence-corrected chi connectivity index (χ2v) is 3.10. The Balaban J connectivity index is 2.37. The molecule has 1 aromatic carbocycles. The van der Waals surface area contributed by atoms with Crippen molar-refractivity contribution in [1.82, 2.24) is 0 Å². The average Bonchev–Trinajstić information content (AvgIpc) is 2.17. The minimum atomic E-state index is 0.231. The Morgan fingerprint density at radius 2 is 2.25 bits per heavy atom. The van der Waals surface area contributed by atoms with E-state index in [-0.39, 0.29) is 6.10 Å². The molecule has 0 spiro atoms. The molecule has 3 N–H and O–H groups in total. The van der Waals surface area contributed by atoms with Crippen LogP contribution in [-0.2, 0) is 11.2 Å². The molecule has 1 aromatic rings. The molecule has 1 aliphatic rings. The summed E-state index contributed by atoms with van der Waals surface area (Å²) in [5, 5.41) is 0. The first-order valence-electron chi connectivity index (χ1n) is 4.40. The topological polar surface area (TPSA) is 36.9 Å². The van der Waals surface area contributed by atoms with Gasteiger partial charge < -0.3 is 10.5 Å². The fraction of sp³-hybridized carbons (Fsp3) is 0.400. The highest BCUT2D eigenvalue weighted by atomic mass is 16.5. The van der Waals surface area contributed by atoms with Crippen LogP contribution in [-0.4, -0.2) is 13.2 Å². The van der Waals surface area contributed by atoms with Crippen molar-refractivity contribution in [3.63, 3.8) is 0 Å². The van der Waals surface area contributed by atoms with Crippen LogP contribution in [0.3, 0.4) is 0 Å². The van der Waals surface area contributed by atoms with Gasteiger partial charge in [-0.3, -0.25) is 0 Å². The van der Waals surface area contributed by atoms with Crippen molar-refractivity contribution in [2.75, 3.05) is 13.2 Å². The molecule has 64 valence electrons. The predicted octanol–water partition coefficient (Wildman–Crippen LogP) is 0.542. The van der Waals surface area contributed by atoms with Crippen molar-refractivity contribution in [3.05, 3.63) is 35.4 Å². The van der Waals surface area contributed by atoms with E-state index in [4.69, 9.17) is 4.74 Å². The summed E-state index contributed by atoms with van der Waals surface area (Å²) in [4.78, 5) is 0. The number of rotatable bonds is 1. The molecule has 0 bridgehead atoms. The molecule has 1 atom stereocenters. The lowest BCUT2D eigenvalue weighted by atomic mass is 9.98. The van der Waals surface area contributed by atoms with Gasteiger partial charge >= 0.3 is 0 Å². The van der Waals surface area contributed by atoms with Crippen molar-refractivity contribution in [3.8, 4) is 0 Å². The molecule has 0 amide bonds. The first-order valence-corrected chi connectivity index (χ1v) is 4.40. The molecule has 0 fully saturated rings. The summed E-state index contributed by atoms with van der Waals surface area (Å²) in [6, 6.07) is 8.48. The zero-order valence-electron chi connectivity index (χ0n) is 7.12. The molecule has 1 heterocycles. The van der Waals surface area contributed by atoms with E-state index < -0.39 is 0 Å². The number of ether oxygens (including phenoxy) is 1. The summed E-state index contributed by atoms with van der Waals surface area (Å²) in [6.07, 6.45) is 1.28. The molecule has 0 aromatic heterocycles. The second kappa shape index (κ2) is 3.25. The van der Waals surface area contributed by atoms with E-state index in [1.165, 1.54) is 11.1 Å². The first kappa shape index (κ1) is 7.77. The predicted molar refractivity (Wildman–Crippen MR) is 46.6 cm³/mol. The highest BCUT2D eigenvalue weighted by molar-refractivity contribution is 5.30. The second-order valence-electron chi connectivity index (χ2n) is 3.10. The number of quaternary nitrogens is 1. The molecule has 2 rings (SSSR count). The Labute approximate surface area is 72.3 Å². The Bertz CT molecular complexity index is 272. The van der Waals surface area contributed by atoms with Gasteiger partial charge in [-0.2, -0.15) is 0 Å². The van der Waals surface area contributed by atoms with Crippen LogP contribution in [0.4, 0.5) is 0 Å². The highest BCUT2D eigenvalue weighted by Crippen LogP contribution is 2.25. The van der Waals surface area contributed by atoms with E-state index in [0.29, 0.717) is 0 Å². The fourth-order valence-electron chi connectivity index (χ4n) is 1.72. The van der Waals surface area contributed by atoms with Gasteiger partial charge in [-0.1, -0.05) is 24.3 Å². The van der Waals surface area contributed by atoms with Crippen LogP contribution in [0.5, 0.6) is 0 Å². The third-order valence-electron chi connectivity index (χ3n) is 2.35. The standard InChI is InChI=1S/C10H13NO/c11-7-10-9-4-2-1-3-8(9)5-6-12-10/h1-4,10H,5-7,11H2/p+1/t10-/m1/s1. The van der Waals surface area contributed by atoms with Crippen molar-refractivity contribution in [2.24, 2.45) is 0 Å². The Kier molecular flexibility index (Phi) is 2.11. The summed E-state index contributed by atoms with van der Waals surface area (Å²) in [5.74, 6) is 0. The van der Waals surface area contributed by atoms with Gasteiger partial charge in [-0.05, 0) is 17.5 Å². The summed E-state index contributed by atoms with van der Waals surface area (Å²) >= 11 is 0. The van der Waals surface area contributed by atoms with Crippen LogP contribution in [0.15, 0.2) is 24.3 Å². The van der Waals surface area contributed by atoms with E-state index in [1.807, 2.05) is 0 Å². The summed E-state index contributed by atoms with van der Waals surface area (Å²) in [5.41, 5.74) is 6.64. The molecule has 0 unspecified atom stereocenters. The lowest BCUT2D eigenvalue weighted by molar-refractivity contribution is -0.388. The van der Waals surface area contributed by atoms with Crippen molar-refractivity contribution >= 4 is 0 Å². The summed E-state index contributed by atoms with van der Waals surface area (Å²) < 4.78 is 5.59. The molecule has 2 nitrogen and oxygen atoms in total. The molecular formula is C10H14NO+. The number of hydrogen-bond donors (Lipinski definition) is 1. The molecular weight excluding hydrogens is 150 g/mol.